The van der Waals surface area contributed by atoms with Gasteiger partial charge in [0.05, 0.1) is 11.3 Å². The largest absolute Gasteiger partial charge is 0.323 e. The molecule has 0 spiro atoms. The van der Waals surface area contributed by atoms with Crippen molar-refractivity contribution in [2.24, 2.45) is 5.84 Å². The Morgan fingerprint density at radius 2 is 1.89 bits per heavy atom. The van der Waals surface area contributed by atoms with Crippen molar-refractivity contribution in [3.05, 3.63) is 57.2 Å². The number of rotatable bonds is 3. The number of carbonyl (C=O) groups excluding carboxylic acids is 1. The van der Waals surface area contributed by atoms with Crippen LogP contribution in [-0.2, 0) is 0 Å². The highest BCUT2D eigenvalue weighted by Crippen LogP contribution is 2.21. The molecule has 0 atom stereocenters. The Labute approximate surface area is 125 Å². The van der Waals surface area contributed by atoms with Crippen molar-refractivity contribution in [1.29, 1.82) is 0 Å². The molecule has 1 amide bonds. The van der Waals surface area contributed by atoms with Gasteiger partial charge in [-0.05, 0) is 59.3 Å². The molecule has 0 bridgehead atoms. The van der Waals surface area contributed by atoms with E-state index in [0.717, 1.165) is 14.8 Å². The highest BCUT2D eigenvalue weighted by Gasteiger charge is 2.11. The Morgan fingerprint density at radius 1 is 1.16 bits per heavy atom. The molecule has 0 aliphatic heterocycles. The summed E-state index contributed by atoms with van der Waals surface area (Å²) in [6.07, 6.45) is 0. The van der Waals surface area contributed by atoms with Gasteiger partial charge in [0.15, 0.2) is 0 Å². The lowest BCUT2D eigenvalue weighted by atomic mass is 10.1. The molecule has 5 heteroatoms. The molecule has 0 aromatic heterocycles. The summed E-state index contributed by atoms with van der Waals surface area (Å²) in [5.74, 6) is 5.22. The lowest BCUT2D eigenvalue weighted by molar-refractivity contribution is 0.102. The van der Waals surface area contributed by atoms with Crippen LogP contribution in [0.3, 0.4) is 0 Å². The van der Waals surface area contributed by atoms with Crippen molar-refractivity contribution in [3.8, 4) is 0 Å². The number of halogens is 1. The Hall–Kier alpha value is -1.60. The van der Waals surface area contributed by atoms with Crippen molar-refractivity contribution in [2.45, 2.75) is 6.92 Å². The second-order valence-corrected chi connectivity index (χ2v) is 5.35. The van der Waals surface area contributed by atoms with Crippen LogP contribution in [0.4, 0.5) is 11.4 Å². The number of hydrogen-bond acceptors (Lipinski definition) is 3. The minimum atomic E-state index is -0.182. The first-order chi connectivity index (χ1) is 9.11. The van der Waals surface area contributed by atoms with Gasteiger partial charge in [0.25, 0.3) is 5.91 Å². The van der Waals surface area contributed by atoms with Gasteiger partial charge in [-0.15, -0.1) is 0 Å². The summed E-state index contributed by atoms with van der Waals surface area (Å²) >= 11 is 2.21. The van der Waals surface area contributed by atoms with E-state index in [9.17, 15) is 4.79 Å². The SMILES string of the molecule is Cc1ccc(I)cc1NC(=O)c1ccccc1NN. The minimum absolute atomic E-state index is 0.182. The number of hydrogen-bond donors (Lipinski definition) is 3. The molecule has 4 N–H and O–H groups in total. The van der Waals surface area contributed by atoms with E-state index in [2.05, 4.69) is 33.3 Å². The molecule has 0 aliphatic rings. The highest BCUT2D eigenvalue weighted by atomic mass is 127. The quantitative estimate of drug-likeness (QED) is 0.444. The lowest BCUT2D eigenvalue weighted by Crippen LogP contribution is -2.17. The molecular formula is C14H14IN3O. The minimum Gasteiger partial charge on any atom is -0.323 e. The average molecular weight is 367 g/mol. The van der Waals surface area contributed by atoms with E-state index in [1.807, 2.05) is 31.2 Å². The van der Waals surface area contributed by atoms with E-state index < -0.39 is 0 Å². The first kappa shape index (κ1) is 13.8. The van der Waals surface area contributed by atoms with Gasteiger partial charge >= 0.3 is 0 Å². The predicted molar refractivity (Wildman–Crippen MR) is 86.1 cm³/mol. The van der Waals surface area contributed by atoms with Gasteiger partial charge in [-0.2, -0.15) is 0 Å². The molecule has 19 heavy (non-hydrogen) atoms. The fraction of sp³-hybridized carbons (Fsp3) is 0.0714. The number of benzene rings is 2. The van der Waals surface area contributed by atoms with Gasteiger partial charge in [0, 0.05) is 9.26 Å². The van der Waals surface area contributed by atoms with E-state index in [0.29, 0.717) is 11.3 Å². The Kier molecular flexibility index (Phi) is 4.39. The number of nitrogens with two attached hydrogens (primary N) is 1. The molecule has 98 valence electrons. The molecule has 2 aromatic rings. The smallest absolute Gasteiger partial charge is 0.257 e. The summed E-state index contributed by atoms with van der Waals surface area (Å²) in [6, 6.07) is 13.0. The number of para-hydroxylation sites is 1. The van der Waals surface area contributed by atoms with E-state index in [-0.39, 0.29) is 5.91 Å². The van der Waals surface area contributed by atoms with E-state index >= 15 is 0 Å². The normalized spacial score (nSPS) is 10.1. The topological polar surface area (TPSA) is 67.2 Å². The molecule has 0 saturated heterocycles. The maximum absolute atomic E-state index is 12.2. The monoisotopic (exact) mass is 367 g/mol. The van der Waals surface area contributed by atoms with Gasteiger partial charge in [0.2, 0.25) is 0 Å². The number of hydrazine groups is 1. The van der Waals surface area contributed by atoms with Gasteiger partial charge in [-0.3, -0.25) is 10.6 Å². The summed E-state index contributed by atoms with van der Waals surface area (Å²) < 4.78 is 1.07. The first-order valence-corrected chi connectivity index (χ1v) is 6.83. The summed E-state index contributed by atoms with van der Waals surface area (Å²) in [7, 11) is 0. The van der Waals surface area contributed by atoms with Crippen LogP contribution in [0.5, 0.6) is 0 Å². The second-order valence-electron chi connectivity index (χ2n) is 4.10. The average Bonchev–Trinajstić information content (AvgIpc) is 2.42. The molecule has 0 radical (unpaired) electrons. The molecular weight excluding hydrogens is 353 g/mol. The third-order valence-electron chi connectivity index (χ3n) is 2.78. The standard InChI is InChI=1S/C14H14IN3O/c1-9-6-7-10(15)8-13(9)17-14(19)11-4-2-3-5-12(11)18-16/h2-8,18H,16H2,1H3,(H,17,19). The number of aryl methyl sites for hydroxylation is 1. The van der Waals surface area contributed by atoms with Crippen LogP contribution >= 0.6 is 22.6 Å². The number of amides is 1. The molecule has 0 heterocycles. The number of nitrogens with one attached hydrogen (secondary N) is 2. The predicted octanol–water partition coefficient (Wildman–Crippen LogP) is 3.14. The van der Waals surface area contributed by atoms with Gasteiger partial charge in [-0.25, -0.2) is 0 Å². The van der Waals surface area contributed by atoms with E-state index in [1.54, 1.807) is 18.2 Å². The zero-order chi connectivity index (χ0) is 13.8. The van der Waals surface area contributed by atoms with Gasteiger partial charge in [-0.1, -0.05) is 18.2 Å². The third kappa shape index (κ3) is 3.24. The summed E-state index contributed by atoms with van der Waals surface area (Å²) in [6.45, 7) is 1.96. The zero-order valence-corrected chi connectivity index (χ0v) is 12.6. The number of nitrogen functional groups attached to an aromatic ring is 1. The molecule has 0 aliphatic carbocycles. The first-order valence-electron chi connectivity index (χ1n) is 5.75. The summed E-state index contributed by atoms with van der Waals surface area (Å²) in [5, 5.41) is 2.90. The summed E-state index contributed by atoms with van der Waals surface area (Å²) in [5.41, 5.74) is 5.47. The second kappa shape index (κ2) is 6.03. The van der Waals surface area contributed by atoms with Crippen molar-refractivity contribution in [3.63, 3.8) is 0 Å². The zero-order valence-electron chi connectivity index (χ0n) is 10.4. The molecule has 2 rings (SSSR count). The number of anilines is 2. The Morgan fingerprint density at radius 3 is 2.63 bits per heavy atom. The molecule has 2 aromatic carbocycles. The molecule has 0 unspecified atom stereocenters. The lowest BCUT2D eigenvalue weighted by Gasteiger charge is -2.11. The van der Waals surface area contributed by atoms with Crippen molar-refractivity contribution in [1.82, 2.24) is 0 Å². The summed E-state index contributed by atoms with van der Waals surface area (Å²) in [4.78, 5) is 12.2. The van der Waals surface area contributed by atoms with Crippen LogP contribution in [0.15, 0.2) is 42.5 Å². The van der Waals surface area contributed by atoms with Crippen LogP contribution in [0.1, 0.15) is 15.9 Å². The van der Waals surface area contributed by atoms with E-state index in [4.69, 9.17) is 5.84 Å². The molecule has 4 nitrogen and oxygen atoms in total. The van der Waals surface area contributed by atoms with Crippen LogP contribution in [0, 0.1) is 10.5 Å². The molecule has 0 saturated carbocycles. The highest BCUT2D eigenvalue weighted by molar-refractivity contribution is 14.1. The molecule has 0 fully saturated rings. The van der Waals surface area contributed by atoms with Gasteiger partial charge in [0.1, 0.15) is 0 Å². The number of carbonyl (C=O) groups is 1. The third-order valence-corrected chi connectivity index (χ3v) is 3.45. The van der Waals surface area contributed by atoms with Crippen LogP contribution < -0.4 is 16.6 Å². The van der Waals surface area contributed by atoms with Crippen LogP contribution in [-0.4, -0.2) is 5.91 Å². The van der Waals surface area contributed by atoms with Gasteiger partial charge < -0.3 is 10.7 Å². The van der Waals surface area contributed by atoms with Crippen LogP contribution in [0.25, 0.3) is 0 Å². The van der Waals surface area contributed by atoms with Crippen molar-refractivity contribution < 1.29 is 4.79 Å². The fourth-order valence-corrected chi connectivity index (χ4v) is 2.22. The Bertz CT molecular complexity index is 613. The van der Waals surface area contributed by atoms with Crippen molar-refractivity contribution in [2.75, 3.05) is 10.7 Å². The maximum atomic E-state index is 12.2. The maximum Gasteiger partial charge on any atom is 0.257 e. The van der Waals surface area contributed by atoms with Crippen LogP contribution in [0.2, 0.25) is 0 Å². The Balaban J connectivity index is 2.28. The van der Waals surface area contributed by atoms with Crippen molar-refractivity contribution >= 4 is 39.9 Å². The van der Waals surface area contributed by atoms with E-state index in [1.165, 1.54) is 0 Å². The fourth-order valence-electron chi connectivity index (χ4n) is 1.73.